The van der Waals surface area contributed by atoms with Gasteiger partial charge in [-0.05, 0) is 72.9 Å². The lowest BCUT2D eigenvalue weighted by atomic mass is 9.91. The Balaban J connectivity index is 1.42. The number of H-pyrrole nitrogens is 2. The zero-order valence-corrected chi connectivity index (χ0v) is 22.9. The molecule has 0 aliphatic heterocycles. The monoisotopic (exact) mass is 524 g/mol. The van der Waals surface area contributed by atoms with Crippen LogP contribution in [-0.4, -0.2) is 21.9 Å². The molecule has 2 aromatic heterocycles. The summed E-state index contributed by atoms with van der Waals surface area (Å²) in [5, 5.41) is 0. The third-order valence-electron chi connectivity index (χ3n) is 7.88. The van der Waals surface area contributed by atoms with E-state index in [1.807, 2.05) is 74.5 Å². The van der Waals surface area contributed by atoms with Gasteiger partial charge < -0.3 is 19.4 Å². The van der Waals surface area contributed by atoms with Gasteiger partial charge in [0.2, 0.25) is 0 Å². The molecule has 2 aromatic carbocycles. The van der Waals surface area contributed by atoms with Gasteiger partial charge in [0.05, 0.1) is 0 Å². The van der Waals surface area contributed by atoms with Gasteiger partial charge in [-0.2, -0.15) is 0 Å². The van der Waals surface area contributed by atoms with E-state index >= 15 is 0 Å². The third kappa shape index (κ3) is 5.56. The molecule has 1 aliphatic rings. The Morgan fingerprint density at radius 2 is 1.31 bits per heavy atom. The number of aromatic nitrogens is 2. The molecule has 0 amide bonds. The average Bonchev–Trinajstić information content (AvgIpc) is 3.38. The van der Waals surface area contributed by atoms with Crippen molar-refractivity contribution in [1.82, 2.24) is 9.97 Å². The molecule has 1 unspecified atom stereocenters. The largest absolute Gasteiger partial charge is 0.456 e. The van der Waals surface area contributed by atoms with Crippen LogP contribution in [0.1, 0.15) is 97.8 Å². The maximum atomic E-state index is 13.1. The molecule has 39 heavy (non-hydrogen) atoms. The third-order valence-corrected chi connectivity index (χ3v) is 7.88. The smallest absolute Gasteiger partial charge is 0.355 e. The number of esters is 2. The summed E-state index contributed by atoms with van der Waals surface area (Å²) in [4.78, 5) is 33.2. The Morgan fingerprint density at radius 1 is 0.769 bits per heavy atom. The van der Waals surface area contributed by atoms with Crippen molar-refractivity contribution in [2.24, 2.45) is 0 Å². The minimum Gasteiger partial charge on any atom is -0.456 e. The van der Waals surface area contributed by atoms with Crippen molar-refractivity contribution in [2.75, 3.05) is 0 Å². The number of fused-ring (bicyclic) bond motifs is 1. The molecule has 0 saturated heterocycles. The standard InChI is InChI=1S/C33H36N2O4/c1-4-25-21(2)28(32(36)38-19-23-13-7-5-8-14-23)34-30(25)27-18-12-11-17-26-22(3)29(35-31(26)27)33(37)39-20-24-15-9-6-10-16-24/h5-10,13-16,27,34-35H,4,11-12,17-20H2,1-3H3. The van der Waals surface area contributed by atoms with E-state index in [2.05, 4.69) is 16.9 Å². The molecule has 0 bridgehead atoms. The minimum absolute atomic E-state index is 0.0289. The number of ether oxygens (including phenoxy) is 2. The van der Waals surface area contributed by atoms with Crippen LogP contribution in [-0.2, 0) is 35.5 Å². The topological polar surface area (TPSA) is 84.2 Å². The highest BCUT2D eigenvalue weighted by Crippen LogP contribution is 2.40. The highest BCUT2D eigenvalue weighted by atomic mass is 16.5. The van der Waals surface area contributed by atoms with Crippen molar-refractivity contribution in [1.29, 1.82) is 0 Å². The maximum Gasteiger partial charge on any atom is 0.355 e. The second-order valence-corrected chi connectivity index (χ2v) is 10.3. The molecule has 6 nitrogen and oxygen atoms in total. The molecular formula is C33H36N2O4. The number of rotatable bonds is 8. The Labute approximate surface area is 229 Å². The van der Waals surface area contributed by atoms with Crippen LogP contribution in [0.5, 0.6) is 0 Å². The van der Waals surface area contributed by atoms with Crippen LogP contribution in [0.15, 0.2) is 60.7 Å². The fourth-order valence-corrected chi connectivity index (χ4v) is 5.77. The van der Waals surface area contributed by atoms with Crippen LogP contribution in [0.25, 0.3) is 0 Å². The zero-order valence-electron chi connectivity index (χ0n) is 22.9. The highest BCUT2D eigenvalue weighted by molar-refractivity contribution is 5.91. The molecule has 202 valence electrons. The van der Waals surface area contributed by atoms with Crippen LogP contribution in [0.2, 0.25) is 0 Å². The van der Waals surface area contributed by atoms with Crippen LogP contribution in [0, 0.1) is 13.8 Å². The van der Waals surface area contributed by atoms with Crippen LogP contribution >= 0.6 is 0 Å². The van der Waals surface area contributed by atoms with E-state index in [1.165, 1.54) is 5.56 Å². The molecule has 1 atom stereocenters. The number of nitrogens with one attached hydrogen (secondary N) is 2. The lowest BCUT2D eigenvalue weighted by molar-refractivity contribution is 0.0457. The first-order chi connectivity index (χ1) is 19.0. The Morgan fingerprint density at radius 3 is 1.87 bits per heavy atom. The van der Waals surface area contributed by atoms with Gasteiger partial charge >= 0.3 is 11.9 Å². The summed E-state index contributed by atoms with van der Waals surface area (Å²) in [6.07, 6.45) is 4.74. The Kier molecular flexibility index (Phi) is 8.01. The van der Waals surface area contributed by atoms with Gasteiger partial charge in [-0.25, -0.2) is 9.59 Å². The number of hydrogen-bond acceptors (Lipinski definition) is 4. The second kappa shape index (κ2) is 11.8. The van der Waals surface area contributed by atoms with Gasteiger partial charge in [0.15, 0.2) is 0 Å². The van der Waals surface area contributed by atoms with Crippen molar-refractivity contribution in [3.8, 4) is 0 Å². The molecule has 1 aliphatic carbocycles. The summed E-state index contributed by atoms with van der Waals surface area (Å²) >= 11 is 0. The predicted octanol–water partition coefficient (Wildman–Crippen LogP) is 7.09. The molecule has 5 rings (SSSR count). The summed E-state index contributed by atoms with van der Waals surface area (Å²) < 4.78 is 11.3. The van der Waals surface area contributed by atoms with Crippen molar-refractivity contribution >= 4 is 11.9 Å². The summed E-state index contributed by atoms with van der Waals surface area (Å²) in [7, 11) is 0. The summed E-state index contributed by atoms with van der Waals surface area (Å²) in [5.41, 5.74) is 9.24. The van der Waals surface area contributed by atoms with Crippen molar-refractivity contribution in [3.05, 3.63) is 117 Å². The van der Waals surface area contributed by atoms with Crippen molar-refractivity contribution in [2.45, 2.75) is 72.0 Å². The van der Waals surface area contributed by atoms with Gasteiger partial charge in [0.1, 0.15) is 24.6 Å². The first-order valence-electron chi connectivity index (χ1n) is 13.8. The molecule has 0 fully saturated rings. The highest BCUT2D eigenvalue weighted by Gasteiger charge is 2.32. The van der Waals surface area contributed by atoms with Crippen molar-refractivity contribution < 1.29 is 19.1 Å². The predicted molar refractivity (Wildman–Crippen MR) is 151 cm³/mol. The van der Waals surface area contributed by atoms with E-state index in [0.717, 1.165) is 71.3 Å². The molecular weight excluding hydrogens is 488 g/mol. The molecule has 0 saturated carbocycles. The van der Waals surface area contributed by atoms with Crippen LogP contribution < -0.4 is 0 Å². The van der Waals surface area contributed by atoms with Crippen LogP contribution in [0.4, 0.5) is 0 Å². The van der Waals surface area contributed by atoms with Gasteiger partial charge in [0.25, 0.3) is 0 Å². The van der Waals surface area contributed by atoms with Gasteiger partial charge in [-0.1, -0.05) is 74.0 Å². The molecule has 0 spiro atoms. The zero-order chi connectivity index (χ0) is 27.4. The van der Waals surface area contributed by atoms with Crippen LogP contribution in [0.3, 0.4) is 0 Å². The molecule has 6 heteroatoms. The lowest BCUT2D eigenvalue weighted by Gasteiger charge is -2.16. The number of carbonyl (C=O) groups is 2. The first-order valence-corrected chi connectivity index (χ1v) is 13.8. The van der Waals surface area contributed by atoms with Gasteiger partial charge in [-0.15, -0.1) is 0 Å². The fraction of sp³-hybridized carbons (Fsp3) is 0.333. The van der Waals surface area contributed by atoms with Crippen molar-refractivity contribution in [3.63, 3.8) is 0 Å². The molecule has 2 N–H and O–H groups in total. The Bertz CT molecular complexity index is 1450. The van der Waals surface area contributed by atoms with E-state index < -0.39 is 0 Å². The van der Waals surface area contributed by atoms with E-state index in [-0.39, 0.29) is 31.1 Å². The van der Waals surface area contributed by atoms with E-state index in [0.29, 0.717) is 11.4 Å². The number of hydrogen-bond donors (Lipinski definition) is 2. The van der Waals surface area contributed by atoms with Gasteiger partial charge in [0, 0.05) is 17.3 Å². The number of carbonyl (C=O) groups excluding carboxylic acids is 2. The normalized spacial score (nSPS) is 14.9. The Hall–Kier alpha value is -4.06. The first kappa shape index (κ1) is 26.5. The fourth-order valence-electron chi connectivity index (χ4n) is 5.77. The summed E-state index contributed by atoms with van der Waals surface area (Å²) in [6, 6.07) is 19.4. The van der Waals surface area contributed by atoms with E-state index in [4.69, 9.17) is 9.47 Å². The lowest BCUT2D eigenvalue weighted by Crippen LogP contribution is -2.09. The average molecular weight is 525 g/mol. The minimum atomic E-state index is -0.348. The molecule has 0 radical (unpaired) electrons. The van der Waals surface area contributed by atoms with Gasteiger partial charge in [-0.3, -0.25) is 0 Å². The number of benzene rings is 2. The molecule has 4 aromatic rings. The van der Waals surface area contributed by atoms with E-state index in [9.17, 15) is 9.59 Å². The molecule has 2 heterocycles. The maximum absolute atomic E-state index is 13.1. The van der Waals surface area contributed by atoms with E-state index in [1.54, 1.807) is 0 Å². The summed E-state index contributed by atoms with van der Waals surface area (Å²) in [5.74, 6) is -0.660. The second-order valence-electron chi connectivity index (χ2n) is 10.3. The quantitative estimate of drug-likeness (QED) is 0.190. The SMILES string of the molecule is CCc1c(C2CCCCc3c2[nH]c(C(=O)OCc2ccccc2)c3C)[nH]c(C(=O)OCc2ccccc2)c1C. The number of aromatic amines is 2. The summed E-state index contributed by atoms with van der Waals surface area (Å²) in [6.45, 7) is 6.57.